The Balaban J connectivity index is 1.89. The highest BCUT2D eigenvalue weighted by atomic mass is 32.2. The van der Waals surface area contributed by atoms with Crippen LogP contribution in [0.25, 0.3) is 0 Å². The van der Waals surface area contributed by atoms with Gasteiger partial charge in [0.05, 0.1) is 23.5 Å². The molecule has 0 saturated carbocycles. The van der Waals surface area contributed by atoms with Gasteiger partial charge < -0.3 is 5.32 Å². The van der Waals surface area contributed by atoms with E-state index in [-0.39, 0.29) is 11.7 Å². The number of halogens is 3. The van der Waals surface area contributed by atoms with Crippen molar-refractivity contribution in [2.24, 2.45) is 0 Å². The molecule has 1 amide bonds. The number of aryl methyl sites for hydroxylation is 1. The van der Waals surface area contributed by atoms with Crippen molar-refractivity contribution in [2.75, 3.05) is 10.6 Å². The second-order valence-electron chi connectivity index (χ2n) is 7.44. The van der Waals surface area contributed by atoms with Crippen LogP contribution in [-0.4, -0.2) is 26.6 Å². The summed E-state index contributed by atoms with van der Waals surface area (Å²) in [6.07, 6.45) is -1.28. The minimum Gasteiger partial charge on any atom is -0.347 e. The topological polar surface area (TPSA) is 66.5 Å². The van der Waals surface area contributed by atoms with Crippen LogP contribution in [-0.2, 0) is 27.4 Å². The van der Waals surface area contributed by atoms with E-state index in [9.17, 15) is 26.4 Å². The molecule has 1 aliphatic carbocycles. The van der Waals surface area contributed by atoms with Crippen LogP contribution in [0.15, 0.2) is 48.5 Å². The minimum absolute atomic E-state index is 0.209. The van der Waals surface area contributed by atoms with Gasteiger partial charge in [0, 0.05) is 0 Å². The Kier molecular flexibility index (Phi) is 6.12. The van der Waals surface area contributed by atoms with Crippen molar-refractivity contribution in [3.8, 4) is 0 Å². The summed E-state index contributed by atoms with van der Waals surface area (Å²) in [7, 11) is -4.02. The molecule has 0 aliphatic heterocycles. The van der Waals surface area contributed by atoms with Crippen LogP contribution < -0.4 is 9.62 Å². The van der Waals surface area contributed by atoms with Gasteiger partial charge >= 0.3 is 6.18 Å². The molecule has 0 bridgehead atoms. The molecule has 0 fully saturated rings. The number of nitrogens with zero attached hydrogens (tertiary/aromatic N) is 1. The lowest BCUT2D eigenvalue weighted by atomic mass is 9.87. The Bertz CT molecular complexity index is 1040. The van der Waals surface area contributed by atoms with Gasteiger partial charge in [0.15, 0.2) is 0 Å². The molecule has 9 heteroatoms. The molecule has 5 nitrogen and oxygen atoms in total. The molecule has 1 aliphatic rings. The van der Waals surface area contributed by atoms with E-state index in [1.165, 1.54) is 13.0 Å². The monoisotopic (exact) mass is 440 g/mol. The zero-order chi connectivity index (χ0) is 22.1. The predicted molar refractivity (Wildman–Crippen MR) is 108 cm³/mol. The maximum Gasteiger partial charge on any atom is 0.416 e. The van der Waals surface area contributed by atoms with Crippen molar-refractivity contribution in [1.29, 1.82) is 0 Å². The second kappa shape index (κ2) is 8.29. The van der Waals surface area contributed by atoms with Crippen LogP contribution in [0, 0.1) is 0 Å². The zero-order valence-electron chi connectivity index (χ0n) is 16.6. The average molecular weight is 440 g/mol. The Morgan fingerprint density at radius 1 is 1.17 bits per heavy atom. The number of benzene rings is 2. The van der Waals surface area contributed by atoms with Crippen molar-refractivity contribution < 1.29 is 26.4 Å². The van der Waals surface area contributed by atoms with Crippen LogP contribution >= 0.6 is 0 Å². The van der Waals surface area contributed by atoms with Crippen molar-refractivity contribution in [3.05, 3.63) is 65.2 Å². The van der Waals surface area contributed by atoms with Crippen molar-refractivity contribution >= 4 is 21.6 Å². The van der Waals surface area contributed by atoms with Crippen LogP contribution in [0.5, 0.6) is 0 Å². The smallest absolute Gasteiger partial charge is 0.347 e. The normalized spacial score (nSPS) is 17.7. The van der Waals surface area contributed by atoms with Crippen molar-refractivity contribution in [3.63, 3.8) is 0 Å². The minimum atomic E-state index is -4.63. The zero-order valence-corrected chi connectivity index (χ0v) is 17.4. The fraction of sp³-hybridized carbons (Fsp3) is 0.381. The highest BCUT2D eigenvalue weighted by molar-refractivity contribution is 7.92. The molecular formula is C21H23F3N2O3S. The molecule has 0 aromatic heterocycles. The Morgan fingerprint density at radius 3 is 2.53 bits per heavy atom. The molecule has 0 radical (unpaired) electrons. The third-order valence-electron chi connectivity index (χ3n) is 5.20. The lowest BCUT2D eigenvalue weighted by Crippen LogP contribution is -2.49. The largest absolute Gasteiger partial charge is 0.416 e. The summed E-state index contributed by atoms with van der Waals surface area (Å²) < 4.78 is 64.8. The van der Waals surface area contributed by atoms with E-state index in [4.69, 9.17) is 0 Å². The van der Waals surface area contributed by atoms with E-state index in [0.717, 1.165) is 52.7 Å². The summed E-state index contributed by atoms with van der Waals surface area (Å²) >= 11 is 0. The molecule has 1 N–H and O–H groups in total. The molecular weight excluding hydrogens is 417 g/mol. The number of carbonyl (C=O) groups excluding carboxylic acids is 1. The van der Waals surface area contributed by atoms with Crippen LogP contribution in [0.4, 0.5) is 18.9 Å². The van der Waals surface area contributed by atoms with E-state index in [1.54, 1.807) is 0 Å². The lowest BCUT2D eigenvalue weighted by molar-refractivity contribution is -0.137. The van der Waals surface area contributed by atoms with Gasteiger partial charge in [-0.2, -0.15) is 13.2 Å². The number of amides is 1. The maximum atomic E-state index is 13.1. The first-order valence-electron chi connectivity index (χ1n) is 9.53. The molecule has 0 unspecified atom stereocenters. The van der Waals surface area contributed by atoms with Crippen molar-refractivity contribution in [2.45, 2.75) is 44.4 Å². The van der Waals surface area contributed by atoms with Gasteiger partial charge in [0.2, 0.25) is 15.9 Å². The molecule has 0 heterocycles. The fourth-order valence-corrected chi connectivity index (χ4v) is 4.99. The summed E-state index contributed by atoms with van der Waals surface area (Å²) in [5, 5.41) is 2.87. The first-order chi connectivity index (χ1) is 14.0. The second-order valence-corrected chi connectivity index (χ2v) is 9.29. The first-order valence-corrected chi connectivity index (χ1v) is 11.4. The van der Waals surface area contributed by atoms with Gasteiger partial charge in [-0.05, 0) is 55.5 Å². The Labute approximate surface area is 173 Å². The van der Waals surface area contributed by atoms with Crippen LogP contribution in [0.3, 0.4) is 0 Å². The van der Waals surface area contributed by atoms with E-state index in [2.05, 4.69) is 5.32 Å². The number of alkyl halides is 3. The predicted octanol–water partition coefficient (Wildman–Crippen LogP) is 4.05. The van der Waals surface area contributed by atoms with Gasteiger partial charge in [0.25, 0.3) is 0 Å². The maximum absolute atomic E-state index is 13.1. The standard InChI is InChI=1S/C21H23F3N2O3S/c1-14(20(27)25-19-12-5-8-15-7-3-4-11-18(15)19)26(30(2,28)29)17-10-6-9-16(13-17)21(22,23)24/h3-4,6-7,9-11,13-14,19H,5,8,12H2,1-2H3,(H,25,27)/t14-,19+/m1/s1. The van der Waals surface area contributed by atoms with E-state index in [0.29, 0.717) is 6.42 Å². The summed E-state index contributed by atoms with van der Waals surface area (Å²) in [5.74, 6) is -0.570. The highest BCUT2D eigenvalue weighted by Crippen LogP contribution is 2.33. The first kappa shape index (κ1) is 22.1. The average Bonchev–Trinajstić information content (AvgIpc) is 2.67. The van der Waals surface area contributed by atoms with Gasteiger partial charge in [0.1, 0.15) is 6.04 Å². The molecule has 3 rings (SSSR count). The Hall–Kier alpha value is -2.55. The molecule has 162 valence electrons. The number of anilines is 1. The molecule has 30 heavy (non-hydrogen) atoms. The van der Waals surface area contributed by atoms with E-state index in [1.807, 2.05) is 24.3 Å². The summed E-state index contributed by atoms with van der Waals surface area (Å²) in [6, 6.07) is 10.2. The number of sulfonamides is 1. The lowest BCUT2D eigenvalue weighted by Gasteiger charge is -2.32. The summed E-state index contributed by atoms with van der Waals surface area (Å²) in [5.41, 5.74) is 0.912. The van der Waals surface area contributed by atoms with Gasteiger partial charge in [-0.3, -0.25) is 9.10 Å². The highest BCUT2D eigenvalue weighted by Gasteiger charge is 2.35. The van der Waals surface area contributed by atoms with Gasteiger partial charge in [-0.15, -0.1) is 0 Å². The fourth-order valence-electron chi connectivity index (χ4n) is 3.82. The third kappa shape index (κ3) is 4.77. The van der Waals surface area contributed by atoms with Crippen molar-refractivity contribution in [1.82, 2.24) is 5.32 Å². The quantitative estimate of drug-likeness (QED) is 0.763. The third-order valence-corrected chi connectivity index (χ3v) is 6.44. The summed E-state index contributed by atoms with van der Waals surface area (Å²) in [6.45, 7) is 1.37. The summed E-state index contributed by atoms with van der Waals surface area (Å²) in [4.78, 5) is 12.9. The molecule has 2 aromatic rings. The number of carbonyl (C=O) groups is 1. The molecule has 2 aromatic carbocycles. The number of hydrogen-bond donors (Lipinski definition) is 1. The van der Waals surface area contributed by atoms with Crippen LogP contribution in [0.1, 0.15) is 42.5 Å². The number of rotatable bonds is 5. The Morgan fingerprint density at radius 2 is 1.87 bits per heavy atom. The molecule has 0 saturated heterocycles. The van der Waals surface area contributed by atoms with Crippen LogP contribution in [0.2, 0.25) is 0 Å². The number of nitrogens with one attached hydrogen (secondary N) is 1. The number of hydrogen-bond acceptors (Lipinski definition) is 3. The molecule has 2 atom stereocenters. The van der Waals surface area contributed by atoms with Gasteiger partial charge in [-0.25, -0.2) is 8.42 Å². The SMILES string of the molecule is C[C@H](C(=O)N[C@H]1CCCc2ccccc21)N(c1cccc(C(F)(F)F)c1)S(C)(=O)=O. The van der Waals surface area contributed by atoms with Gasteiger partial charge in [-0.1, -0.05) is 30.3 Å². The number of fused-ring (bicyclic) bond motifs is 1. The van der Waals surface area contributed by atoms with E-state index < -0.39 is 33.7 Å². The van der Waals surface area contributed by atoms with E-state index >= 15 is 0 Å². The molecule has 0 spiro atoms.